The van der Waals surface area contributed by atoms with E-state index >= 15 is 0 Å². The molecule has 0 spiro atoms. The first-order chi connectivity index (χ1) is 6.61. The van der Waals surface area contributed by atoms with Crippen LogP contribution in [0.1, 0.15) is 41.8 Å². The van der Waals surface area contributed by atoms with Crippen molar-refractivity contribution in [1.29, 1.82) is 0 Å². The van der Waals surface area contributed by atoms with Gasteiger partial charge in [0.05, 0.1) is 11.8 Å². The lowest BCUT2D eigenvalue weighted by Gasteiger charge is -2.05. The fourth-order valence-electron chi connectivity index (χ4n) is 2.57. The van der Waals surface area contributed by atoms with Crippen LogP contribution in [0.15, 0.2) is 0 Å². The van der Waals surface area contributed by atoms with Crippen molar-refractivity contribution in [2.45, 2.75) is 24.9 Å². The van der Waals surface area contributed by atoms with Crippen LogP contribution in [-0.2, 0) is 7.05 Å². The van der Waals surface area contributed by atoms with Gasteiger partial charge in [-0.05, 0) is 18.3 Å². The molecule has 1 aromatic heterocycles. The third-order valence-corrected chi connectivity index (χ3v) is 3.26. The normalized spacial score (nSPS) is 33.4. The van der Waals surface area contributed by atoms with E-state index in [0.717, 1.165) is 6.42 Å². The van der Waals surface area contributed by atoms with Gasteiger partial charge in [0.15, 0.2) is 0 Å². The Balaban J connectivity index is 2.19. The molecule has 0 bridgehead atoms. The Kier molecular flexibility index (Phi) is 1.39. The first-order valence-corrected chi connectivity index (χ1v) is 4.64. The molecule has 0 amide bonds. The molecule has 1 heterocycles. The van der Waals surface area contributed by atoms with Crippen LogP contribution in [0.2, 0.25) is 0 Å². The summed E-state index contributed by atoms with van der Waals surface area (Å²) in [6, 6.07) is 0. The molecular formula is C9H10F2N2O. The summed E-state index contributed by atoms with van der Waals surface area (Å²) in [4.78, 5) is 0. The maximum atomic E-state index is 12.6. The van der Waals surface area contributed by atoms with E-state index < -0.39 is 12.5 Å². The zero-order valence-corrected chi connectivity index (χ0v) is 7.61. The number of aliphatic hydroxyl groups excluding tert-OH is 1. The number of aliphatic hydroxyl groups is 1. The Morgan fingerprint density at radius 2 is 2.29 bits per heavy atom. The Morgan fingerprint density at radius 1 is 1.57 bits per heavy atom. The fraction of sp³-hybridized carbons (Fsp3) is 0.667. The molecule has 2 aliphatic carbocycles. The molecule has 3 unspecified atom stereocenters. The first-order valence-electron chi connectivity index (χ1n) is 4.64. The van der Waals surface area contributed by atoms with Crippen molar-refractivity contribution in [3.8, 4) is 0 Å². The highest BCUT2D eigenvalue weighted by molar-refractivity contribution is 5.44. The largest absolute Gasteiger partial charge is 0.386 e. The molecule has 3 atom stereocenters. The molecule has 3 nitrogen and oxygen atoms in total. The van der Waals surface area contributed by atoms with Crippen LogP contribution in [0.3, 0.4) is 0 Å². The van der Waals surface area contributed by atoms with E-state index in [0.29, 0.717) is 11.3 Å². The SMILES string of the molecule is Cn1nc(C(F)F)c2c1C(O)C1CC21. The highest BCUT2D eigenvalue weighted by Gasteiger charge is 2.55. The maximum absolute atomic E-state index is 12.6. The highest BCUT2D eigenvalue weighted by Crippen LogP contribution is 2.63. The van der Waals surface area contributed by atoms with Crippen molar-refractivity contribution >= 4 is 0 Å². The second-order valence-electron chi connectivity index (χ2n) is 4.06. The smallest absolute Gasteiger partial charge is 0.282 e. The van der Waals surface area contributed by atoms with E-state index in [4.69, 9.17) is 0 Å². The summed E-state index contributed by atoms with van der Waals surface area (Å²) in [5.41, 5.74) is 1.08. The van der Waals surface area contributed by atoms with E-state index in [9.17, 15) is 13.9 Å². The Bertz CT molecular complexity index is 402. The van der Waals surface area contributed by atoms with E-state index in [1.165, 1.54) is 4.68 Å². The minimum atomic E-state index is -2.53. The molecule has 0 aromatic carbocycles. The highest BCUT2D eigenvalue weighted by atomic mass is 19.3. The number of hydrogen-bond donors (Lipinski definition) is 1. The fourth-order valence-corrected chi connectivity index (χ4v) is 2.57. The van der Waals surface area contributed by atoms with E-state index in [1.807, 2.05) is 0 Å². The average molecular weight is 200 g/mol. The predicted octanol–water partition coefficient (Wildman–Crippen LogP) is 1.51. The molecule has 0 radical (unpaired) electrons. The van der Waals surface area contributed by atoms with Crippen LogP contribution < -0.4 is 0 Å². The lowest BCUT2D eigenvalue weighted by molar-refractivity contribution is 0.142. The van der Waals surface area contributed by atoms with E-state index in [-0.39, 0.29) is 17.5 Å². The van der Waals surface area contributed by atoms with E-state index in [2.05, 4.69) is 5.10 Å². The minimum absolute atomic E-state index is 0.133. The molecule has 0 saturated heterocycles. The number of aromatic nitrogens is 2. The lowest BCUT2D eigenvalue weighted by atomic mass is 10.1. The number of halogens is 2. The van der Waals surface area contributed by atoms with Crippen molar-refractivity contribution in [1.82, 2.24) is 9.78 Å². The Morgan fingerprint density at radius 3 is 2.93 bits per heavy atom. The summed E-state index contributed by atoms with van der Waals surface area (Å²) >= 11 is 0. The topological polar surface area (TPSA) is 38.0 Å². The lowest BCUT2D eigenvalue weighted by Crippen LogP contribution is -2.04. The number of rotatable bonds is 1. The van der Waals surface area contributed by atoms with Gasteiger partial charge in [-0.3, -0.25) is 4.68 Å². The van der Waals surface area contributed by atoms with E-state index in [1.54, 1.807) is 7.05 Å². The molecule has 5 heteroatoms. The molecule has 76 valence electrons. The second-order valence-corrected chi connectivity index (χ2v) is 4.06. The van der Waals surface area contributed by atoms with Gasteiger partial charge in [0.1, 0.15) is 5.69 Å². The number of nitrogens with zero attached hydrogens (tertiary/aromatic N) is 2. The van der Waals surface area contributed by atoms with Gasteiger partial charge in [0.2, 0.25) is 0 Å². The monoisotopic (exact) mass is 200 g/mol. The Hall–Kier alpha value is -0.970. The molecular weight excluding hydrogens is 190 g/mol. The molecule has 2 aliphatic rings. The van der Waals surface area contributed by atoms with Crippen molar-refractivity contribution in [3.05, 3.63) is 17.0 Å². The zero-order valence-electron chi connectivity index (χ0n) is 7.61. The standard InChI is InChI=1S/C9H10F2N2O/c1-13-7-5(6(12-13)9(10)11)3-2-4(3)8(7)14/h3-4,8-9,14H,2H2,1H3. The first kappa shape index (κ1) is 8.35. The van der Waals surface area contributed by atoms with Crippen LogP contribution in [0.5, 0.6) is 0 Å². The minimum Gasteiger partial charge on any atom is -0.386 e. The summed E-state index contributed by atoms with van der Waals surface area (Å²) < 4.78 is 26.6. The summed E-state index contributed by atoms with van der Waals surface area (Å²) in [7, 11) is 1.61. The number of hydrogen-bond acceptors (Lipinski definition) is 2. The van der Waals surface area contributed by atoms with Crippen LogP contribution in [0.25, 0.3) is 0 Å². The second kappa shape index (κ2) is 2.34. The average Bonchev–Trinajstić information content (AvgIpc) is 2.75. The van der Waals surface area contributed by atoms with Gasteiger partial charge in [0, 0.05) is 12.6 Å². The molecule has 1 fully saturated rings. The molecule has 1 N–H and O–H groups in total. The summed E-state index contributed by atoms with van der Waals surface area (Å²) in [6.45, 7) is 0. The van der Waals surface area contributed by atoms with Gasteiger partial charge in [-0.15, -0.1) is 0 Å². The van der Waals surface area contributed by atoms with Crippen molar-refractivity contribution < 1.29 is 13.9 Å². The maximum Gasteiger partial charge on any atom is 0.282 e. The van der Waals surface area contributed by atoms with Crippen molar-refractivity contribution in [2.24, 2.45) is 13.0 Å². The molecule has 3 rings (SSSR count). The molecule has 1 saturated carbocycles. The predicted molar refractivity (Wildman–Crippen MR) is 44.0 cm³/mol. The van der Waals surface area contributed by atoms with Crippen LogP contribution in [0, 0.1) is 5.92 Å². The third-order valence-electron chi connectivity index (χ3n) is 3.26. The quantitative estimate of drug-likeness (QED) is 0.746. The third kappa shape index (κ3) is 0.809. The number of alkyl halides is 2. The molecule has 14 heavy (non-hydrogen) atoms. The molecule has 0 aliphatic heterocycles. The summed E-state index contributed by atoms with van der Waals surface area (Å²) in [5, 5.41) is 13.5. The van der Waals surface area contributed by atoms with Crippen molar-refractivity contribution in [2.75, 3.05) is 0 Å². The summed E-state index contributed by atoms with van der Waals surface area (Å²) in [5.74, 6) is 0.310. The van der Waals surface area contributed by atoms with Crippen LogP contribution in [0.4, 0.5) is 8.78 Å². The Labute approximate surface area is 79.3 Å². The number of aryl methyl sites for hydroxylation is 1. The van der Waals surface area contributed by atoms with Crippen LogP contribution >= 0.6 is 0 Å². The van der Waals surface area contributed by atoms with Gasteiger partial charge in [-0.2, -0.15) is 5.10 Å². The van der Waals surface area contributed by atoms with Gasteiger partial charge < -0.3 is 5.11 Å². The van der Waals surface area contributed by atoms with Gasteiger partial charge in [0.25, 0.3) is 6.43 Å². The van der Waals surface area contributed by atoms with Gasteiger partial charge in [-0.25, -0.2) is 8.78 Å². The van der Waals surface area contributed by atoms with Gasteiger partial charge >= 0.3 is 0 Å². The molecule has 1 aromatic rings. The zero-order chi connectivity index (χ0) is 10.0. The number of fused-ring (bicyclic) bond motifs is 3. The summed E-state index contributed by atoms with van der Waals surface area (Å²) in [6.07, 6.45) is -2.28. The van der Waals surface area contributed by atoms with Crippen molar-refractivity contribution in [3.63, 3.8) is 0 Å². The van der Waals surface area contributed by atoms with Crippen LogP contribution in [-0.4, -0.2) is 14.9 Å². The van der Waals surface area contributed by atoms with Gasteiger partial charge in [-0.1, -0.05) is 0 Å².